The van der Waals surface area contributed by atoms with Crippen molar-refractivity contribution < 1.29 is 10.0 Å². The van der Waals surface area contributed by atoms with Crippen molar-refractivity contribution in [2.24, 2.45) is 4.99 Å². The maximum absolute atomic E-state index is 11.1. The molecule has 1 aromatic carbocycles. The maximum atomic E-state index is 11.1. The molecular weight excluding hydrogens is 354 g/mol. The van der Waals surface area contributed by atoms with Gasteiger partial charge in [-0.1, -0.05) is 12.1 Å². The number of rotatable bonds is 2. The third kappa shape index (κ3) is 2.73. The summed E-state index contributed by atoms with van der Waals surface area (Å²) in [7, 11) is 0. The van der Waals surface area contributed by atoms with E-state index in [9.17, 15) is 20.5 Å². The van der Waals surface area contributed by atoms with Crippen molar-refractivity contribution in [3.8, 4) is 18.0 Å². The van der Waals surface area contributed by atoms with E-state index in [0.717, 1.165) is 6.07 Å². The summed E-state index contributed by atoms with van der Waals surface area (Å²) in [6.45, 7) is 0. The molecule has 2 aromatic rings. The summed E-state index contributed by atoms with van der Waals surface area (Å²) >= 11 is 0. The van der Waals surface area contributed by atoms with Crippen molar-refractivity contribution in [3.05, 3.63) is 45.0 Å². The van der Waals surface area contributed by atoms with Crippen LogP contribution in [0.15, 0.2) is 23.2 Å². The Morgan fingerprint density at radius 1 is 1.37 bits per heavy atom. The predicted molar refractivity (Wildman–Crippen MR) is 94.2 cm³/mol. The van der Waals surface area contributed by atoms with E-state index in [1.807, 2.05) is 6.07 Å². The Labute approximate surface area is 151 Å². The molecule has 12 heteroatoms. The lowest BCUT2D eigenvalue weighted by molar-refractivity contribution is -0.385. The zero-order valence-electron chi connectivity index (χ0n) is 13.5. The summed E-state index contributed by atoms with van der Waals surface area (Å²) in [5, 5.41) is 44.6. The highest BCUT2D eigenvalue weighted by molar-refractivity contribution is 5.98. The second kappa shape index (κ2) is 6.38. The van der Waals surface area contributed by atoms with Crippen LogP contribution in [0.5, 0.6) is 5.75 Å². The number of nitriles is 2. The zero-order valence-corrected chi connectivity index (χ0v) is 13.5. The fourth-order valence-electron chi connectivity index (χ4n) is 2.72. The average molecular weight is 365 g/mol. The van der Waals surface area contributed by atoms with E-state index in [0.29, 0.717) is 0 Å². The number of nitro groups is 1. The maximum Gasteiger partial charge on any atom is 0.311 e. The van der Waals surface area contributed by atoms with Crippen LogP contribution in [-0.2, 0) is 0 Å². The zero-order chi connectivity index (χ0) is 19.7. The van der Waals surface area contributed by atoms with Crippen LogP contribution in [-0.4, -0.2) is 21.0 Å². The summed E-state index contributed by atoms with van der Waals surface area (Å²) in [5.74, 6) is -0.679. The molecule has 0 spiro atoms. The van der Waals surface area contributed by atoms with Crippen molar-refractivity contribution in [2.45, 2.75) is 6.04 Å². The minimum absolute atomic E-state index is 0.0306. The fraction of sp³-hybridized carbons (Fsp3) is 0.0667. The Hall–Kier alpha value is -4.58. The first-order valence-electron chi connectivity index (χ1n) is 7.34. The molecule has 0 saturated carbocycles. The minimum Gasteiger partial charge on any atom is -0.502 e. The highest BCUT2D eigenvalue weighted by Gasteiger charge is 2.33. The Bertz CT molecular complexity index is 1080. The van der Waals surface area contributed by atoms with Gasteiger partial charge in [-0.15, -0.1) is 0 Å². The minimum atomic E-state index is -1.07. The number of para-hydroxylation sites is 1. The van der Waals surface area contributed by atoms with Crippen LogP contribution in [0.2, 0.25) is 0 Å². The number of aromatic nitrogens is 1. The summed E-state index contributed by atoms with van der Waals surface area (Å²) in [4.78, 5) is 18.7. The van der Waals surface area contributed by atoms with Crippen LogP contribution in [0.1, 0.15) is 22.7 Å². The van der Waals surface area contributed by atoms with E-state index in [1.54, 1.807) is 6.19 Å². The van der Waals surface area contributed by atoms with Gasteiger partial charge in [-0.25, -0.2) is 9.98 Å². The molecule has 0 fully saturated rings. The van der Waals surface area contributed by atoms with Gasteiger partial charge in [0.05, 0.1) is 10.6 Å². The molecule has 0 amide bonds. The number of aromatic hydroxyl groups is 1. The number of anilines is 3. The van der Waals surface area contributed by atoms with Crippen LogP contribution in [0, 0.1) is 32.9 Å². The van der Waals surface area contributed by atoms with Crippen LogP contribution in [0.25, 0.3) is 0 Å². The second-order valence-corrected chi connectivity index (χ2v) is 5.37. The molecule has 3 rings (SSSR count). The molecule has 12 nitrogen and oxygen atoms in total. The van der Waals surface area contributed by atoms with Crippen molar-refractivity contribution in [1.82, 2.24) is 10.3 Å². The van der Waals surface area contributed by atoms with E-state index in [4.69, 9.17) is 16.7 Å². The molecule has 1 aliphatic rings. The smallest absolute Gasteiger partial charge is 0.311 e. The molecule has 0 bridgehead atoms. The standard InChI is InChI=1S/C15H11N9O3/c16-4-7-10(18)9-11(6-2-1-3-8(12(6)25)24(26)27)21-15(20-5-17)23-14(9)22-13(7)19/h1-3,11,25H,(H6,18,19,20,21,22,23). The van der Waals surface area contributed by atoms with Crippen molar-refractivity contribution in [1.29, 1.82) is 10.5 Å². The predicted octanol–water partition coefficient (Wildman–Crippen LogP) is 0.673. The van der Waals surface area contributed by atoms with Crippen LogP contribution >= 0.6 is 0 Å². The number of benzene rings is 1. The molecule has 27 heavy (non-hydrogen) atoms. The molecule has 1 atom stereocenters. The fourth-order valence-corrected chi connectivity index (χ4v) is 2.72. The van der Waals surface area contributed by atoms with Gasteiger partial charge in [-0.05, 0) is 0 Å². The lowest BCUT2D eigenvalue weighted by Crippen LogP contribution is -2.32. The molecular formula is C15H11N9O3. The first-order valence-corrected chi connectivity index (χ1v) is 7.34. The monoisotopic (exact) mass is 365 g/mol. The van der Waals surface area contributed by atoms with Gasteiger partial charge in [0.25, 0.3) is 0 Å². The Morgan fingerprint density at radius 2 is 2.11 bits per heavy atom. The number of nitrogens with zero attached hydrogens (tertiary/aromatic N) is 5. The van der Waals surface area contributed by atoms with Gasteiger partial charge in [0.1, 0.15) is 29.3 Å². The number of pyridine rings is 1. The lowest BCUT2D eigenvalue weighted by atomic mass is 9.94. The second-order valence-electron chi connectivity index (χ2n) is 5.37. The summed E-state index contributed by atoms with van der Waals surface area (Å²) in [5.41, 5.74) is 11.4. The van der Waals surface area contributed by atoms with E-state index in [-0.39, 0.29) is 40.0 Å². The van der Waals surface area contributed by atoms with Crippen LogP contribution in [0.4, 0.5) is 23.0 Å². The Kier molecular flexibility index (Phi) is 4.08. The van der Waals surface area contributed by atoms with E-state index >= 15 is 0 Å². The van der Waals surface area contributed by atoms with E-state index in [1.165, 1.54) is 12.1 Å². The Balaban J connectivity index is 2.31. The molecule has 0 saturated heterocycles. The molecule has 2 heterocycles. The number of hydrogen-bond donors (Lipinski definition) is 5. The number of fused-ring (bicyclic) bond motifs is 1. The quantitative estimate of drug-likeness (QED) is 0.217. The molecule has 1 aromatic heterocycles. The van der Waals surface area contributed by atoms with E-state index < -0.39 is 22.4 Å². The lowest BCUT2D eigenvalue weighted by Gasteiger charge is -2.26. The van der Waals surface area contributed by atoms with Gasteiger partial charge in [0.2, 0.25) is 5.96 Å². The largest absolute Gasteiger partial charge is 0.502 e. The molecule has 0 radical (unpaired) electrons. The number of nitrogens with one attached hydrogen (secondary N) is 2. The average Bonchev–Trinajstić information content (AvgIpc) is 2.61. The van der Waals surface area contributed by atoms with Gasteiger partial charge in [0, 0.05) is 17.2 Å². The summed E-state index contributed by atoms with van der Waals surface area (Å²) in [6, 6.07) is 4.68. The topological polar surface area (TPSA) is 212 Å². The number of phenols is 1. The summed E-state index contributed by atoms with van der Waals surface area (Å²) < 4.78 is 0. The Morgan fingerprint density at radius 3 is 2.74 bits per heavy atom. The molecule has 1 unspecified atom stereocenters. The molecule has 0 aliphatic carbocycles. The highest BCUT2D eigenvalue weighted by Crippen LogP contribution is 2.44. The van der Waals surface area contributed by atoms with Gasteiger partial charge < -0.3 is 21.9 Å². The van der Waals surface area contributed by atoms with E-state index in [2.05, 4.69) is 20.6 Å². The molecule has 1 aliphatic heterocycles. The highest BCUT2D eigenvalue weighted by atomic mass is 16.6. The van der Waals surface area contributed by atoms with Crippen molar-refractivity contribution >= 4 is 29.0 Å². The van der Waals surface area contributed by atoms with Gasteiger partial charge in [-0.3, -0.25) is 15.4 Å². The van der Waals surface area contributed by atoms with Gasteiger partial charge in [-0.2, -0.15) is 10.5 Å². The normalized spacial score (nSPS) is 14.7. The molecule has 7 N–H and O–H groups in total. The number of nitro benzene ring substituents is 1. The number of nitrogen functional groups attached to an aromatic ring is 2. The first-order chi connectivity index (χ1) is 12.9. The van der Waals surface area contributed by atoms with Crippen molar-refractivity contribution in [3.63, 3.8) is 0 Å². The number of aliphatic imine (C=N–C) groups is 1. The van der Waals surface area contributed by atoms with Crippen molar-refractivity contribution in [2.75, 3.05) is 16.8 Å². The first kappa shape index (κ1) is 17.2. The number of hydrogen-bond acceptors (Lipinski definition) is 11. The van der Waals surface area contributed by atoms with Crippen LogP contribution < -0.4 is 22.1 Å². The van der Waals surface area contributed by atoms with Gasteiger partial charge in [0.15, 0.2) is 11.9 Å². The third-order valence-electron chi connectivity index (χ3n) is 3.89. The number of nitrogens with two attached hydrogens (primary N) is 2. The van der Waals surface area contributed by atoms with Crippen LogP contribution in [0.3, 0.4) is 0 Å². The SMILES string of the molecule is N#CNC1=NC(c2cccc([N+](=O)[O-])c2O)c2c(nc(N)c(C#N)c2N)N1. The van der Waals surface area contributed by atoms with Gasteiger partial charge >= 0.3 is 5.69 Å². The third-order valence-corrected chi connectivity index (χ3v) is 3.89. The number of guanidine groups is 1. The summed E-state index contributed by atoms with van der Waals surface area (Å²) in [6.07, 6.45) is 1.68. The molecule has 134 valence electrons. The number of phenolic OH excluding ortho intramolecular Hbond substituents is 1.